The molecule has 10 heteroatoms. The van der Waals surface area contributed by atoms with Gasteiger partial charge in [-0.05, 0) is 31.9 Å². The summed E-state index contributed by atoms with van der Waals surface area (Å²) >= 11 is 0. The summed E-state index contributed by atoms with van der Waals surface area (Å²) < 4.78 is 13.8. The van der Waals surface area contributed by atoms with Crippen molar-refractivity contribution in [3.05, 3.63) is 36.4 Å². The van der Waals surface area contributed by atoms with Crippen LogP contribution in [0.15, 0.2) is 35.8 Å². The van der Waals surface area contributed by atoms with Crippen molar-refractivity contribution in [2.75, 3.05) is 13.7 Å². The lowest BCUT2D eigenvalue weighted by Gasteiger charge is -2.34. The van der Waals surface area contributed by atoms with Gasteiger partial charge in [0.2, 0.25) is 11.9 Å². The summed E-state index contributed by atoms with van der Waals surface area (Å²) in [6.45, 7) is 3.42. The van der Waals surface area contributed by atoms with Crippen LogP contribution in [-0.4, -0.2) is 52.0 Å². The second-order valence-corrected chi connectivity index (χ2v) is 7.91. The molecule has 2 unspecified atom stereocenters. The number of fused-ring (bicyclic) bond motifs is 2. The molecule has 3 N–H and O–H groups in total. The molecule has 2 aliphatic heterocycles. The Labute approximate surface area is 186 Å². The zero-order chi connectivity index (χ0) is 22.7. The summed E-state index contributed by atoms with van der Waals surface area (Å²) in [5.74, 6) is 0.303. The molecule has 32 heavy (non-hydrogen) atoms. The van der Waals surface area contributed by atoms with Crippen molar-refractivity contribution in [2.45, 2.75) is 51.2 Å². The lowest BCUT2D eigenvalue weighted by molar-refractivity contribution is -0.131. The number of carbonyl (C=O) groups is 2. The maximum atomic E-state index is 12.2. The molecule has 0 radical (unpaired) electrons. The number of amides is 2. The van der Waals surface area contributed by atoms with Crippen LogP contribution in [0.5, 0.6) is 11.5 Å². The number of unbranched alkanes of at least 4 members (excludes halogenated alkanes) is 3. The Morgan fingerprint density at radius 3 is 2.78 bits per heavy atom. The Balaban J connectivity index is 1.39. The number of imidazole rings is 1. The Bertz CT molecular complexity index is 1020. The van der Waals surface area contributed by atoms with Crippen molar-refractivity contribution < 1.29 is 19.1 Å². The minimum Gasteiger partial charge on any atom is -0.492 e. The highest BCUT2D eigenvalue weighted by atomic mass is 16.5. The highest BCUT2D eigenvalue weighted by Gasteiger charge is 2.46. The number of aryl methyl sites for hydroxylation is 1. The molecule has 2 amide bonds. The third kappa shape index (κ3) is 4.12. The fourth-order valence-corrected chi connectivity index (χ4v) is 4.25. The number of aromatic nitrogens is 2. The highest BCUT2D eigenvalue weighted by Crippen LogP contribution is 2.46. The Morgan fingerprint density at radius 2 is 2.06 bits per heavy atom. The van der Waals surface area contributed by atoms with Crippen molar-refractivity contribution in [1.29, 1.82) is 0 Å². The molecule has 2 aromatic rings. The first-order chi connectivity index (χ1) is 15.5. The van der Waals surface area contributed by atoms with Gasteiger partial charge in [-0.2, -0.15) is 0 Å². The van der Waals surface area contributed by atoms with E-state index in [1.165, 1.54) is 0 Å². The summed E-state index contributed by atoms with van der Waals surface area (Å²) in [5.41, 5.74) is 6.89. The molecule has 2 atom stereocenters. The molecular weight excluding hydrogens is 412 g/mol. The largest absolute Gasteiger partial charge is 0.492 e. The van der Waals surface area contributed by atoms with Crippen LogP contribution in [0.25, 0.3) is 0 Å². The maximum Gasteiger partial charge on any atom is 0.259 e. The van der Waals surface area contributed by atoms with E-state index in [2.05, 4.69) is 19.9 Å². The molecule has 170 valence electrons. The van der Waals surface area contributed by atoms with Gasteiger partial charge in [0.1, 0.15) is 0 Å². The van der Waals surface area contributed by atoms with E-state index in [-0.39, 0.29) is 6.04 Å². The number of nitrogens with one attached hydrogen (secondary N) is 1. The second-order valence-electron chi connectivity index (χ2n) is 7.91. The third-order valence-electron chi connectivity index (χ3n) is 5.81. The predicted molar refractivity (Wildman–Crippen MR) is 118 cm³/mol. The lowest BCUT2D eigenvalue weighted by Crippen LogP contribution is -2.47. The zero-order valence-corrected chi connectivity index (χ0v) is 18.3. The molecule has 3 heterocycles. The molecule has 1 fully saturated rings. The molecular formula is C22H28N6O4. The molecule has 0 saturated carbocycles. The van der Waals surface area contributed by atoms with Gasteiger partial charge in [-0.3, -0.25) is 14.9 Å². The van der Waals surface area contributed by atoms with Gasteiger partial charge in [0, 0.05) is 24.5 Å². The number of guanidine groups is 1. The van der Waals surface area contributed by atoms with E-state index in [0.717, 1.165) is 37.8 Å². The number of ether oxygens (including phenoxy) is 2. The topological polar surface area (TPSA) is 124 Å². The van der Waals surface area contributed by atoms with E-state index >= 15 is 0 Å². The van der Waals surface area contributed by atoms with Gasteiger partial charge in [-0.15, -0.1) is 0 Å². The van der Waals surface area contributed by atoms with Gasteiger partial charge < -0.3 is 24.7 Å². The number of rotatable bonds is 10. The predicted octanol–water partition coefficient (Wildman–Crippen LogP) is 1.88. The van der Waals surface area contributed by atoms with E-state index in [1.807, 2.05) is 31.6 Å². The SMILES string of the molecule is COc1c(OCCCCCCn2ccnc2)ccc2c1C(C)N1C(=N2)NC(=O)C1C(N)=O. The minimum atomic E-state index is -1.10. The van der Waals surface area contributed by atoms with E-state index in [9.17, 15) is 9.59 Å². The quantitative estimate of drug-likeness (QED) is 0.429. The van der Waals surface area contributed by atoms with Gasteiger partial charge in [0.25, 0.3) is 5.91 Å². The van der Waals surface area contributed by atoms with E-state index in [0.29, 0.717) is 29.8 Å². The smallest absolute Gasteiger partial charge is 0.259 e. The molecule has 10 nitrogen and oxygen atoms in total. The number of benzene rings is 1. The summed E-state index contributed by atoms with van der Waals surface area (Å²) in [6, 6.07) is 2.21. The van der Waals surface area contributed by atoms with Crippen molar-refractivity contribution in [1.82, 2.24) is 19.8 Å². The normalized spacial score (nSPS) is 19.1. The van der Waals surface area contributed by atoms with Gasteiger partial charge in [-0.1, -0.05) is 12.8 Å². The Kier molecular flexibility index (Phi) is 6.29. The lowest BCUT2D eigenvalue weighted by atomic mass is 10.00. The maximum absolute atomic E-state index is 12.2. The van der Waals surface area contributed by atoms with Crippen LogP contribution >= 0.6 is 0 Å². The minimum absolute atomic E-state index is 0.324. The number of nitrogens with two attached hydrogens (primary N) is 1. The molecule has 0 aliphatic carbocycles. The summed E-state index contributed by atoms with van der Waals surface area (Å²) in [4.78, 5) is 34.2. The summed E-state index contributed by atoms with van der Waals surface area (Å²) in [7, 11) is 1.57. The van der Waals surface area contributed by atoms with Crippen molar-refractivity contribution in [2.24, 2.45) is 10.7 Å². The van der Waals surface area contributed by atoms with Crippen LogP contribution in [-0.2, 0) is 16.1 Å². The van der Waals surface area contributed by atoms with Crippen molar-refractivity contribution >= 4 is 23.5 Å². The number of methoxy groups -OCH3 is 1. The molecule has 1 saturated heterocycles. The number of aliphatic imine (C=N–C) groups is 1. The number of carbonyl (C=O) groups excluding carboxylic acids is 2. The van der Waals surface area contributed by atoms with Crippen LogP contribution in [0.1, 0.15) is 44.2 Å². The van der Waals surface area contributed by atoms with Gasteiger partial charge in [0.15, 0.2) is 17.5 Å². The molecule has 1 aromatic heterocycles. The van der Waals surface area contributed by atoms with Gasteiger partial charge >= 0.3 is 0 Å². The summed E-state index contributed by atoms with van der Waals surface area (Å²) in [6.07, 6.45) is 9.80. The first-order valence-corrected chi connectivity index (χ1v) is 10.8. The third-order valence-corrected chi connectivity index (χ3v) is 5.81. The van der Waals surface area contributed by atoms with Gasteiger partial charge in [0.05, 0.1) is 31.8 Å². The monoisotopic (exact) mass is 440 g/mol. The Hall–Kier alpha value is -3.56. The van der Waals surface area contributed by atoms with Crippen LogP contribution in [0, 0.1) is 0 Å². The highest BCUT2D eigenvalue weighted by molar-refractivity contribution is 6.17. The van der Waals surface area contributed by atoms with Gasteiger partial charge in [-0.25, -0.2) is 9.98 Å². The van der Waals surface area contributed by atoms with E-state index < -0.39 is 17.9 Å². The van der Waals surface area contributed by atoms with E-state index in [4.69, 9.17) is 15.2 Å². The van der Waals surface area contributed by atoms with Crippen LogP contribution in [0.3, 0.4) is 0 Å². The fourth-order valence-electron chi connectivity index (χ4n) is 4.25. The molecule has 1 aromatic carbocycles. The molecule has 2 aliphatic rings. The average molecular weight is 441 g/mol. The second kappa shape index (κ2) is 9.29. The number of hydrogen-bond acceptors (Lipinski definition) is 7. The van der Waals surface area contributed by atoms with Crippen molar-refractivity contribution in [3.63, 3.8) is 0 Å². The van der Waals surface area contributed by atoms with Crippen LogP contribution in [0.2, 0.25) is 0 Å². The van der Waals surface area contributed by atoms with Crippen LogP contribution < -0.4 is 20.5 Å². The number of primary amides is 1. The zero-order valence-electron chi connectivity index (χ0n) is 18.3. The molecule has 4 rings (SSSR count). The average Bonchev–Trinajstić information content (AvgIpc) is 3.40. The Morgan fingerprint density at radius 1 is 1.25 bits per heavy atom. The first-order valence-electron chi connectivity index (χ1n) is 10.8. The van der Waals surface area contributed by atoms with E-state index in [1.54, 1.807) is 18.2 Å². The molecule has 0 spiro atoms. The van der Waals surface area contributed by atoms with Crippen LogP contribution in [0.4, 0.5) is 5.69 Å². The standard InChI is InChI=1S/C22H28N6O4/c1-14-17-15(25-22-26-21(30)18(20(23)29)28(14)22)7-8-16(19(17)31-2)32-12-6-4-3-5-10-27-11-9-24-13-27/h7-9,11,13-14,18H,3-6,10,12H2,1-2H3,(H2,23,29)(H,25,26,30). The van der Waals surface area contributed by atoms with Crippen molar-refractivity contribution in [3.8, 4) is 11.5 Å². The number of hydrogen-bond donors (Lipinski definition) is 2. The first kappa shape index (κ1) is 21.7. The summed E-state index contributed by atoms with van der Waals surface area (Å²) in [5, 5.41) is 2.64. The molecule has 0 bridgehead atoms. The fraction of sp³-hybridized carbons (Fsp3) is 0.455. The number of nitrogens with zero attached hydrogens (tertiary/aromatic N) is 4.